The largest absolute Gasteiger partial charge is 0.295 e. The van der Waals surface area contributed by atoms with E-state index in [9.17, 15) is 9.59 Å². The standard InChI is InChI=1S/C18H15P.C4H4ClNO2/c1-4-10-16(11-5-1)19(17-12-6-2-7-13-17)18-14-8-3-9-15-18;5-2-1-3(7)6-4(2)8/h1-15H;2H,1H2,(H,6,7,8). The van der Waals surface area contributed by atoms with Crippen molar-refractivity contribution in [1.82, 2.24) is 5.32 Å². The molecule has 0 spiro atoms. The zero-order valence-corrected chi connectivity index (χ0v) is 16.2. The van der Waals surface area contributed by atoms with E-state index in [0.717, 1.165) is 0 Å². The van der Waals surface area contributed by atoms with E-state index in [1.165, 1.54) is 15.9 Å². The molecule has 1 N–H and O–H groups in total. The van der Waals surface area contributed by atoms with Gasteiger partial charge in [0.1, 0.15) is 5.38 Å². The Hall–Kier alpha value is -2.48. The number of hydrogen-bond acceptors (Lipinski definition) is 2. The van der Waals surface area contributed by atoms with Crippen LogP contribution in [-0.4, -0.2) is 17.2 Å². The second-order valence-corrected chi connectivity index (χ2v) is 8.67. The van der Waals surface area contributed by atoms with Crippen molar-refractivity contribution in [2.45, 2.75) is 11.8 Å². The highest BCUT2D eigenvalue weighted by molar-refractivity contribution is 7.79. The summed E-state index contributed by atoms with van der Waals surface area (Å²) in [6.45, 7) is 0. The molecule has 3 aromatic rings. The molecule has 1 heterocycles. The van der Waals surface area contributed by atoms with Crippen molar-refractivity contribution in [2.75, 3.05) is 0 Å². The molecule has 0 saturated carbocycles. The van der Waals surface area contributed by atoms with Gasteiger partial charge in [0.15, 0.2) is 0 Å². The molecule has 1 aliphatic rings. The van der Waals surface area contributed by atoms with Gasteiger partial charge in [-0.15, -0.1) is 11.6 Å². The fourth-order valence-corrected chi connectivity index (χ4v) is 5.20. The van der Waals surface area contributed by atoms with E-state index in [-0.39, 0.29) is 18.2 Å². The average Bonchev–Trinajstić information content (AvgIpc) is 3.00. The summed E-state index contributed by atoms with van der Waals surface area (Å²) < 4.78 is 0. The van der Waals surface area contributed by atoms with E-state index < -0.39 is 13.3 Å². The molecule has 3 nitrogen and oxygen atoms in total. The van der Waals surface area contributed by atoms with E-state index in [4.69, 9.17) is 11.6 Å². The van der Waals surface area contributed by atoms with E-state index in [1.54, 1.807) is 0 Å². The van der Waals surface area contributed by atoms with Crippen LogP contribution in [0.3, 0.4) is 0 Å². The molecule has 136 valence electrons. The summed E-state index contributed by atoms with van der Waals surface area (Å²) in [7, 11) is -0.446. The quantitative estimate of drug-likeness (QED) is 0.421. The molecular formula is C22H19ClNO2P. The maximum absolute atomic E-state index is 10.3. The lowest BCUT2D eigenvalue weighted by atomic mass is 10.4. The lowest BCUT2D eigenvalue weighted by molar-refractivity contribution is -0.124. The SMILES string of the molecule is O=C1CC(Cl)C(=O)N1.c1ccc(P(c2ccccc2)c2ccccc2)cc1. The summed E-state index contributed by atoms with van der Waals surface area (Å²) in [5.74, 6) is -0.660. The Labute approximate surface area is 165 Å². The van der Waals surface area contributed by atoms with Gasteiger partial charge in [0.2, 0.25) is 11.8 Å². The molecule has 0 bridgehead atoms. The van der Waals surface area contributed by atoms with Crippen LogP contribution in [0.5, 0.6) is 0 Å². The minimum Gasteiger partial charge on any atom is -0.295 e. The molecule has 1 saturated heterocycles. The lowest BCUT2D eigenvalue weighted by Gasteiger charge is -2.18. The lowest BCUT2D eigenvalue weighted by Crippen LogP contribution is -2.21. The van der Waals surface area contributed by atoms with Crippen LogP contribution in [0.15, 0.2) is 91.0 Å². The normalized spacial score (nSPS) is 15.9. The minimum atomic E-state index is -0.637. The van der Waals surface area contributed by atoms with Crippen LogP contribution in [0.2, 0.25) is 0 Å². The topological polar surface area (TPSA) is 46.2 Å². The van der Waals surface area contributed by atoms with Gasteiger partial charge in [-0.25, -0.2) is 0 Å². The van der Waals surface area contributed by atoms with Crippen LogP contribution in [0, 0.1) is 0 Å². The van der Waals surface area contributed by atoms with Crippen LogP contribution in [0.1, 0.15) is 6.42 Å². The van der Waals surface area contributed by atoms with Crippen LogP contribution in [0.4, 0.5) is 0 Å². The molecule has 2 amide bonds. The number of hydrogen-bond donors (Lipinski definition) is 1. The maximum atomic E-state index is 10.3. The number of benzene rings is 3. The van der Waals surface area contributed by atoms with Crippen LogP contribution in [-0.2, 0) is 9.59 Å². The number of imide groups is 1. The number of carbonyl (C=O) groups excluding carboxylic acids is 2. The molecule has 1 unspecified atom stereocenters. The van der Waals surface area contributed by atoms with Gasteiger partial charge in [-0.1, -0.05) is 91.0 Å². The molecule has 5 heteroatoms. The fourth-order valence-electron chi connectivity index (χ4n) is 2.70. The fraction of sp³-hybridized carbons (Fsp3) is 0.0909. The van der Waals surface area contributed by atoms with Gasteiger partial charge >= 0.3 is 0 Å². The summed E-state index contributed by atoms with van der Waals surface area (Å²) in [4.78, 5) is 20.6. The zero-order chi connectivity index (χ0) is 19.1. The van der Waals surface area contributed by atoms with Crippen LogP contribution in [0.25, 0.3) is 0 Å². The molecule has 0 aliphatic carbocycles. The average molecular weight is 396 g/mol. The predicted molar refractivity (Wildman–Crippen MR) is 113 cm³/mol. The first-order valence-electron chi connectivity index (χ1n) is 8.58. The third-order valence-corrected chi connectivity index (χ3v) is 6.75. The highest BCUT2D eigenvalue weighted by atomic mass is 35.5. The van der Waals surface area contributed by atoms with Gasteiger partial charge in [0.25, 0.3) is 0 Å². The smallest absolute Gasteiger partial charge is 0.245 e. The monoisotopic (exact) mass is 395 g/mol. The molecule has 0 aromatic heterocycles. The van der Waals surface area contributed by atoms with Crippen molar-refractivity contribution in [2.24, 2.45) is 0 Å². The van der Waals surface area contributed by atoms with Gasteiger partial charge in [0, 0.05) is 0 Å². The van der Waals surface area contributed by atoms with Gasteiger partial charge in [-0.05, 0) is 23.8 Å². The maximum Gasteiger partial charge on any atom is 0.245 e. The van der Waals surface area contributed by atoms with Gasteiger partial charge in [-0.2, -0.15) is 0 Å². The zero-order valence-electron chi connectivity index (χ0n) is 14.6. The Morgan fingerprint density at radius 3 is 1.30 bits per heavy atom. The van der Waals surface area contributed by atoms with Crippen molar-refractivity contribution in [3.05, 3.63) is 91.0 Å². The van der Waals surface area contributed by atoms with E-state index in [2.05, 4.69) is 96.3 Å². The summed E-state index contributed by atoms with van der Waals surface area (Å²) in [5.41, 5.74) is 0. The number of rotatable bonds is 3. The number of halogens is 1. The second-order valence-electron chi connectivity index (χ2n) is 5.93. The van der Waals surface area contributed by atoms with Crippen molar-refractivity contribution < 1.29 is 9.59 Å². The van der Waals surface area contributed by atoms with Gasteiger partial charge in [0.05, 0.1) is 6.42 Å². The Kier molecular flexibility index (Phi) is 6.75. The molecule has 1 fully saturated rings. The molecule has 27 heavy (non-hydrogen) atoms. The third-order valence-electron chi connectivity index (χ3n) is 3.95. The summed E-state index contributed by atoms with van der Waals surface area (Å²) in [5, 5.41) is 5.61. The summed E-state index contributed by atoms with van der Waals surface area (Å²) >= 11 is 5.32. The van der Waals surface area contributed by atoms with Crippen molar-refractivity contribution in [1.29, 1.82) is 0 Å². The van der Waals surface area contributed by atoms with E-state index in [0.29, 0.717) is 0 Å². The number of amides is 2. The minimum absolute atomic E-state index is 0.125. The van der Waals surface area contributed by atoms with Gasteiger partial charge < -0.3 is 0 Å². The highest BCUT2D eigenvalue weighted by Gasteiger charge is 2.27. The third kappa shape index (κ3) is 5.26. The Bertz CT molecular complexity index is 794. The Morgan fingerprint density at radius 2 is 1.07 bits per heavy atom. The van der Waals surface area contributed by atoms with Crippen LogP contribution < -0.4 is 21.2 Å². The van der Waals surface area contributed by atoms with Crippen molar-refractivity contribution in [3.63, 3.8) is 0 Å². The first kappa shape index (κ1) is 19.3. The van der Waals surface area contributed by atoms with Gasteiger partial charge in [-0.3, -0.25) is 14.9 Å². The Balaban J connectivity index is 0.000000221. The predicted octanol–water partition coefficient (Wildman–Crippen LogP) is 3.09. The summed E-state index contributed by atoms with van der Waals surface area (Å²) in [6.07, 6.45) is 0.125. The molecular weight excluding hydrogens is 377 g/mol. The highest BCUT2D eigenvalue weighted by Crippen LogP contribution is 2.32. The van der Waals surface area contributed by atoms with E-state index in [1.807, 2.05) is 0 Å². The van der Waals surface area contributed by atoms with Crippen molar-refractivity contribution >= 4 is 47.3 Å². The van der Waals surface area contributed by atoms with Crippen molar-refractivity contribution in [3.8, 4) is 0 Å². The summed E-state index contributed by atoms with van der Waals surface area (Å²) in [6, 6.07) is 32.3. The first-order chi connectivity index (χ1) is 13.1. The number of alkyl halides is 1. The van der Waals surface area contributed by atoms with Crippen LogP contribution >= 0.6 is 19.5 Å². The molecule has 0 radical (unpaired) electrons. The first-order valence-corrected chi connectivity index (χ1v) is 10.4. The Morgan fingerprint density at radius 1 is 0.704 bits per heavy atom. The second kappa shape index (κ2) is 9.45. The number of carbonyl (C=O) groups is 2. The van der Waals surface area contributed by atoms with E-state index >= 15 is 0 Å². The number of nitrogens with one attached hydrogen (secondary N) is 1. The molecule has 1 atom stereocenters. The molecule has 1 aliphatic heterocycles. The molecule has 3 aromatic carbocycles. The molecule has 4 rings (SSSR count).